The Bertz CT molecular complexity index is 2050. The van der Waals surface area contributed by atoms with Crippen molar-refractivity contribution < 1.29 is 0 Å². The zero-order valence-corrected chi connectivity index (χ0v) is 32.6. The molecular formula is C50H54N4. The molecule has 4 saturated carbocycles. The van der Waals surface area contributed by atoms with Crippen molar-refractivity contribution in [2.45, 2.75) is 103 Å². The highest BCUT2D eigenvalue weighted by Gasteiger charge is 2.46. The zero-order valence-electron chi connectivity index (χ0n) is 32.6. The van der Waals surface area contributed by atoms with E-state index in [9.17, 15) is 5.26 Å². The van der Waals surface area contributed by atoms with Crippen molar-refractivity contribution in [3.63, 3.8) is 0 Å². The molecule has 1 heterocycles. The van der Waals surface area contributed by atoms with Gasteiger partial charge in [0.25, 0.3) is 0 Å². The quantitative estimate of drug-likeness (QED) is 0.176. The van der Waals surface area contributed by atoms with Gasteiger partial charge in [-0.05, 0) is 151 Å². The number of fused-ring (bicyclic) bond motifs is 4. The molecular weight excluding hydrogens is 657 g/mol. The smallest absolute Gasteiger partial charge is 0.164 e. The molecule has 0 saturated heterocycles. The lowest BCUT2D eigenvalue weighted by Gasteiger charge is -2.50. The first-order chi connectivity index (χ1) is 26.2. The second-order valence-electron chi connectivity index (χ2n) is 18.6. The van der Waals surface area contributed by atoms with Crippen LogP contribution in [-0.2, 0) is 10.8 Å². The number of aromatic nitrogens is 3. The predicted octanol–water partition coefficient (Wildman–Crippen LogP) is 12.6. The van der Waals surface area contributed by atoms with Gasteiger partial charge in [0.2, 0.25) is 0 Å². The first kappa shape index (κ1) is 35.1. The third kappa shape index (κ3) is 6.70. The molecule has 0 N–H and O–H groups in total. The van der Waals surface area contributed by atoms with Gasteiger partial charge in [0.05, 0.1) is 11.6 Å². The van der Waals surface area contributed by atoms with E-state index in [2.05, 4.69) is 113 Å². The minimum atomic E-state index is 0.282. The number of hydrogen-bond acceptors (Lipinski definition) is 4. The van der Waals surface area contributed by atoms with Crippen molar-refractivity contribution >= 4 is 0 Å². The highest BCUT2D eigenvalue weighted by atomic mass is 15.0. The van der Waals surface area contributed by atoms with Crippen LogP contribution in [-0.4, -0.2) is 15.0 Å². The molecule has 8 atom stereocenters. The SMILES string of the molecule is C[C@@H]1C[C@@H]2C[C@H](C)CC(c3ccc(-c4nc(-c5ccc(C67C[C@H](C)C[C@H](C[C@H](C)C6)C7)cc5)nc(-c5cccc(-c6cccc(C#N)c6)c5)n4)cc3)(C1)C2. The molecule has 4 aromatic carbocycles. The number of hydrogen-bond donors (Lipinski definition) is 0. The summed E-state index contributed by atoms with van der Waals surface area (Å²) in [6.45, 7) is 9.84. The van der Waals surface area contributed by atoms with E-state index in [-0.39, 0.29) is 10.8 Å². The van der Waals surface area contributed by atoms with Crippen molar-refractivity contribution in [3.05, 3.63) is 114 Å². The summed E-state index contributed by atoms with van der Waals surface area (Å²) in [5.41, 5.74) is 9.21. The van der Waals surface area contributed by atoms with Gasteiger partial charge in [0.1, 0.15) is 0 Å². The number of nitriles is 1. The largest absolute Gasteiger partial charge is 0.208 e. The average molecular weight is 711 g/mol. The topological polar surface area (TPSA) is 62.5 Å². The minimum Gasteiger partial charge on any atom is -0.208 e. The lowest BCUT2D eigenvalue weighted by Crippen LogP contribution is -2.42. The molecule has 274 valence electrons. The first-order valence-electron chi connectivity index (χ1n) is 20.7. The monoisotopic (exact) mass is 710 g/mol. The van der Waals surface area contributed by atoms with E-state index in [1.54, 1.807) is 0 Å². The number of rotatable bonds is 6. The van der Waals surface area contributed by atoms with Gasteiger partial charge in [-0.1, -0.05) is 107 Å². The summed E-state index contributed by atoms with van der Waals surface area (Å²) in [6, 6.07) is 37.0. The van der Waals surface area contributed by atoms with E-state index >= 15 is 0 Å². The Balaban J connectivity index is 1.10. The molecule has 2 unspecified atom stereocenters. The lowest BCUT2D eigenvalue weighted by atomic mass is 9.54. The van der Waals surface area contributed by atoms with Crippen LogP contribution in [0.4, 0.5) is 0 Å². The van der Waals surface area contributed by atoms with Gasteiger partial charge in [-0.25, -0.2) is 15.0 Å². The molecule has 4 aliphatic carbocycles. The number of nitrogens with zero attached hydrogens (tertiary/aromatic N) is 4. The van der Waals surface area contributed by atoms with Gasteiger partial charge in [0.15, 0.2) is 17.5 Å². The van der Waals surface area contributed by atoms with E-state index < -0.39 is 0 Å². The fraction of sp³-hybridized carbons (Fsp3) is 0.440. The maximum Gasteiger partial charge on any atom is 0.164 e. The van der Waals surface area contributed by atoms with Crippen molar-refractivity contribution in [2.75, 3.05) is 0 Å². The second kappa shape index (κ2) is 13.9. The summed E-state index contributed by atoms with van der Waals surface area (Å²) in [5, 5.41) is 9.56. The van der Waals surface area contributed by atoms with E-state index in [1.807, 2.05) is 18.2 Å². The molecule has 4 bridgehead atoms. The molecule has 5 aromatic rings. The van der Waals surface area contributed by atoms with Crippen LogP contribution in [0, 0.1) is 46.8 Å². The van der Waals surface area contributed by atoms with Gasteiger partial charge in [-0.2, -0.15) is 5.26 Å². The van der Waals surface area contributed by atoms with Crippen LogP contribution in [0.1, 0.15) is 109 Å². The van der Waals surface area contributed by atoms with E-state index in [0.29, 0.717) is 23.0 Å². The fourth-order valence-corrected chi connectivity index (χ4v) is 12.4. The molecule has 0 radical (unpaired) electrons. The van der Waals surface area contributed by atoms with Gasteiger partial charge in [-0.15, -0.1) is 0 Å². The minimum absolute atomic E-state index is 0.282. The maximum absolute atomic E-state index is 9.56. The van der Waals surface area contributed by atoms with Crippen LogP contribution in [0.15, 0.2) is 97.1 Å². The van der Waals surface area contributed by atoms with Crippen LogP contribution in [0.3, 0.4) is 0 Å². The molecule has 4 aliphatic rings. The molecule has 4 nitrogen and oxygen atoms in total. The highest BCUT2D eigenvalue weighted by Crippen LogP contribution is 2.55. The predicted molar refractivity (Wildman–Crippen MR) is 219 cm³/mol. The Hall–Kier alpha value is -4.62. The second-order valence-corrected chi connectivity index (χ2v) is 18.6. The van der Waals surface area contributed by atoms with Crippen LogP contribution >= 0.6 is 0 Å². The van der Waals surface area contributed by atoms with Crippen LogP contribution in [0.25, 0.3) is 45.3 Å². The lowest BCUT2D eigenvalue weighted by molar-refractivity contribution is 0.0779. The number of benzene rings is 4. The van der Waals surface area contributed by atoms with Crippen molar-refractivity contribution in [1.29, 1.82) is 5.26 Å². The molecule has 0 amide bonds. The van der Waals surface area contributed by atoms with E-state index in [4.69, 9.17) is 15.0 Å². The first-order valence-corrected chi connectivity index (χ1v) is 20.7. The molecule has 9 rings (SSSR count). The van der Waals surface area contributed by atoms with Crippen molar-refractivity contribution in [3.8, 4) is 51.4 Å². The molecule has 0 spiro atoms. The van der Waals surface area contributed by atoms with Crippen LogP contribution < -0.4 is 0 Å². The summed E-state index contributed by atoms with van der Waals surface area (Å²) >= 11 is 0. The Kier molecular flexibility index (Phi) is 9.04. The van der Waals surface area contributed by atoms with Crippen molar-refractivity contribution in [2.24, 2.45) is 35.5 Å². The van der Waals surface area contributed by atoms with Gasteiger partial charge in [0, 0.05) is 16.7 Å². The summed E-state index contributed by atoms with van der Waals surface area (Å²) < 4.78 is 0. The van der Waals surface area contributed by atoms with Crippen LogP contribution in [0.2, 0.25) is 0 Å². The molecule has 4 heteroatoms. The third-order valence-electron chi connectivity index (χ3n) is 13.9. The Labute approximate surface area is 322 Å². The van der Waals surface area contributed by atoms with Crippen LogP contribution in [0.5, 0.6) is 0 Å². The molecule has 0 aliphatic heterocycles. The molecule has 54 heavy (non-hydrogen) atoms. The van der Waals surface area contributed by atoms with E-state index in [1.165, 1.54) is 75.3 Å². The Morgan fingerprint density at radius 1 is 0.463 bits per heavy atom. The van der Waals surface area contributed by atoms with Crippen molar-refractivity contribution in [1.82, 2.24) is 15.0 Å². The van der Waals surface area contributed by atoms with E-state index in [0.717, 1.165) is 63.3 Å². The highest BCUT2D eigenvalue weighted by molar-refractivity contribution is 5.73. The molecule has 1 aromatic heterocycles. The fourth-order valence-electron chi connectivity index (χ4n) is 12.4. The zero-order chi connectivity index (χ0) is 37.0. The third-order valence-corrected chi connectivity index (χ3v) is 13.9. The Morgan fingerprint density at radius 2 is 0.852 bits per heavy atom. The van der Waals surface area contributed by atoms with Gasteiger partial charge in [-0.3, -0.25) is 0 Å². The maximum atomic E-state index is 9.56. The average Bonchev–Trinajstić information content (AvgIpc) is 3.17. The molecule has 4 fully saturated rings. The Morgan fingerprint density at radius 3 is 1.30 bits per heavy atom. The summed E-state index contributed by atoms with van der Waals surface area (Å²) in [7, 11) is 0. The standard InChI is InChI=1S/C50H54N4/c1-32-19-37-20-33(2)26-49(25-32,29-37)44-15-11-39(12-16-44)46-52-47(40-13-17-45(18-14-40)50-27-34(3)21-38(30-50)22-35(4)28-50)54-48(53-46)43-10-6-9-42(24-43)41-8-5-7-36(23-41)31-51/h5-18,23-24,32-35,37-38H,19-22,25-30H2,1-4H3/t32-,33+,34-,35+,37-,38-,49?,50?. The summed E-state index contributed by atoms with van der Waals surface area (Å²) in [5.74, 6) is 6.87. The normalized spacial score (nSPS) is 30.4. The van der Waals surface area contributed by atoms with Gasteiger partial charge < -0.3 is 0 Å². The summed E-state index contributed by atoms with van der Waals surface area (Å²) in [4.78, 5) is 15.5. The summed E-state index contributed by atoms with van der Waals surface area (Å²) in [6.07, 6.45) is 13.3. The van der Waals surface area contributed by atoms with Gasteiger partial charge >= 0.3 is 0 Å².